The van der Waals surface area contributed by atoms with Crippen LogP contribution in [0.1, 0.15) is 56.7 Å². The Morgan fingerprint density at radius 3 is 2.47 bits per heavy atom. The number of ether oxygens (including phenoxy) is 2. The molecule has 0 radical (unpaired) electrons. The Labute approximate surface area is 215 Å². The molecule has 1 unspecified atom stereocenters. The quantitative estimate of drug-likeness (QED) is 0.146. The van der Waals surface area contributed by atoms with Gasteiger partial charge in [-0.2, -0.15) is 0 Å². The monoisotopic (exact) mass is 506 g/mol. The third-order valence-electron chi connectivity index (χ3n) is 5.86. The number of anilines is 1. The van der Waals surface area contributed by atoms with Crippen molar-refractivity contribution in [1.29, 1.82) is 0 Å². The predicted octanol–water partition coefficient (Wildman–Crippen LogP) is 6.13. The summed E-state index contributed by atoms with van der Waals surface area (Å²) in [7, 11) is 0. The fourth-order valence-corrected chi connectivity index (χ4v) is 4.74. The highest BCUT2D eigenvalue weighted by molar-refractivity contribution is 7.14. The van der Waals surface area contributed by atoms with E-state index < -0.39 is 17.7 Å². The van der Waals surface area contributed by atoms with Crippen LogP contribution in [-0.4, -0.2) is 35.0 Å². The van der Waals surface area contributed by atoms with Crippen LogP contribution in [0.5, 0.6) is 11.5 Å². The van der Waals surface area contributed by atoms with Gasteiger partial charge in [-0.25, -0.2) is 4.98 Å². The van der Waals surface area contributed by atoms with Gasteiger partial charge >= 0.3 is 5.91 Å². The Morgan fingerprint density at radius 2 is 1.78 bits per heavy atom. The van der Waals surface area contributed by atoms with E-state index in [4.69, 9.17) is 9.47 Å². The second-order valence-corrected chi connectivity index (χ2v) is 9.36. The molecule has 0 saturated carbocycles. The van der Waals surface area contributed by atoms with E-state index in [-0.39, 0.29) is 11.3 Å². The molecule has 7 nitrogen and oxygen atoms in total. The fraction of sp³-hybridized carbons (Fsp3) is 0.321. The first-order valence-electron chi connectivity index (χ1n) is 12.2. The summed E-state index contributed by atoms with van der Waals surface area (Å²) in [6.45, 7) is 5.31. The summed E-state index contributed by atoms with van der Waals surface area (Å²) in [5.41, 5.74) is 1.09. The molecule has 1 amide bonds. The fourth-order valence-electron chi connectivity index (χ4n) is 4.08. The Bertz CT molecular complexity index is 1220. The maximum atomic E-state index is 13.2. The number of carbonyl (C=O) groups is 2. The Balaban J connectivity index is 1.73. The van der Waals surface area contributed by atoms with E-state index in [1.165, 1.54) is 16.2 Å². The summed E-state index contributed by atoms with van der Waals surface area (Å²) in [6.07, 6.45) is 5.62. The largest absolute Gasteiger partial charge is 0.507 e. The Morgan fingerprint density at radius 1 is 1.00 bits per heavy atom. The number of aromatic nitrogens is 1. The number of nitrogens with zero attached hydrogens (tertiary/aromatic N) is 2. The second-order valence-electron chi connectivity index (χ2n) is 8.48. The zero-order valence-corrected chi connectivity index (χ0v) is 21.3. The minimum absolute atomic E-state index is 0.0134. The summed E-state index contributed by atoms with van der Waals surface area (Å²) in [5.74, 6) is -0.445. The lowest BCUT2D eigenvalue weighted by Crippen LogP contribution is -2.29. The summed E-state index contributed by atoms with van der Waals surface area (Å²) in [4.78, 5) is 32.0. The number of carbonyl (C=O) groups excluding carboxylic acids is 2. The van der Waals surface area contributed by atoms with Crippen molar-refractivity contribution >= 4 is 33.9 Å². The molecule has 1 saturated heterocycles. The third-order valence-corrected chi connectivity index (χ3v) is 6.63. The van der Waals surface area contributed by atoms with Gasteiger partial charge < -0.3 is 14.6 Å². The minimum atomic E-state index is -0.828. The summed E-state index contributed by atoms with van der Waals surface area (Å²) < 4.78 is 11.5. The molecule has 3 aromatic rings. The lowest BCUT2D eigenvalue weighted by molar-refractivity contribution is -0.132. The van der Waals surface area contributed by atoms with Crippen LogP contribution < -0.4 is 14.4 Å². The molecule has 8 heteroatoms. The van der Waals surface area contributed by atoms with Crippen LogP contribution in [-0.2, 0) is 9.59 Å². The van der Waals surface area contributed by atoms with Crippen LogP contribution in [0.25, 0.3) is 5.76 Å². The maximum absolute atomic E-state index is 13.2. The molecule has 0 spiro atoms. The highest BCUT2D eigenvalue weighted by Crippen LogP contribution is 2.43. The summed E-state index contributed by atoms with van der Waals surface area (Å²) in [5, 5.41) is 13.4. The van der Waals surface area contributed by atoms with Gasteiger partial charge in [-0.15, -0.1) is 11.3 Å². The molecule has 1 fully saturated rings. The molecule has 0 aliphatic carbocycles. The van der Waals surface area contributed by atoms with E-state index in [1.54, 1.807) is 35.8 Å². The van der Waals surface area contributed by atoms with E-state index in [0.717, 1.165) is 25.7 Å². The number of amides is 1. The van der Waals surface area contributed by atoms with Crippen LogP contribution >= 0.6 is 11.3 Å². The number of unbranched alkanes of at least 4 members (excludes halogenated alkanes) is 2. The normalized spacial score (nSPS) is 16.9. The van der Waals surface area contributed by atoms with E-state index in [0.29, 0.717) is 41.0 Å². The van der Waals surface area contributed by atoms with Gasteiger partial charge in [-0.1, -0.05) is 51.0 Å². The van der Waals surface area contributed by atoms with Crippen LogP contribution in [0.4, 0.5) is 5.13 Å². The molecular formula is C28H30N2O5S. The molecule has 1 N–H and O–H groups in total. The number of ketones is 1. The zero-order chi connectivity index (χ0) is 25.5. The van der Waals surface area contributed by atoms with Gasteiger partial charge in [0.05, 0.1) is 24.8 Å². The predicted molar refractivity (Wildman–Crippen MR) is 141 cm³/mol. The summed E-state index contributed by atoms with van der Waals surface area (Å²) >= 11 is 1.26. The van der Waals surface area contributed by atoms with Crippen molar-refractivity contribution in [3.05, 3.63) is 76.8 Å². The van der Waals surface area contributed by atoms with Crippen LogP contribution in [0, 0.1) is 0 Å². The molecular weight excluding hydrogens is 476 g/mol. The van der Waals surface area contributed by atoms with Crippen LogP contribution in [0.2, 0.25) is 0 Å². The van der Waals surface area contributed by atoms with Crippen molar-refractivity contribution in [2.75, 3.05) is 18.1 Å². The van der Waals surface area contributed by atoms with Gasteiger partial charge in [0.25, 0.3) is 5.78 Å². The van der Waals surface area contributed by atoms with Gasteiger partial charge in [0.1, 0.15) is 17.3 Å². The highest BCUT2D eigenvalue weighted by Gasteiger charge is 2.48. The van der Waals surface area contributed by atoms with Gasteiger partial charge in [0, 0.05) is 17.1 Å². The minimum Gasteiger partial charge on any atom is -0.507 e. The molecule has 1 aromatic heterocycles. The number of thiazole rings is 1. The third kappa shape index (κ3) is 5.44. The van der Waals surface area contributed by atoms with Crippen molar-refractivity contribution in [3.63, 3.8) is 0 Å². The maximum Gasteiger partial charge on any atom is 0.301 e. The van der Waals surface area contributed by atoms with E-state index in [2.05, 4.69) is 11.9 Å². The average molecular weight is 507 g/mol. The zero-order valence-electron chi connectivity index (χ0n) is 20.5. The number of aliphatic hydroxyl groups excluding tert-OH is 1. The number of benzene rings is 2. The van der Waals surface area contributed by atoms with Crippen LogP contribution in [0.3, 0.4) is 0 Å². The van der Waals surface area contributed by atoms with Gasteiger partial charge in [-0.05, 0) is 42.7 Å². The second kappa shape index (κ2) is 11.9. The van der Waals surface area contributed by atoms with Crippen LogP contribution in [0.15, 0.2) is 65.7 Å². The molecule has 1 atom stereocenters. The van der Waals surface area contributed by atoms with Gasteiger partial charge in [-0.3, -0.25) is 14.5 Å². The molecule has 1 aliphatic rings. The molecule has 188 valence electrons. The first kappa shape index (κ1) is 25.4. The highest BCUT2D eigenvalue weighted by atomic mass is 32.1. The molecule has 4 rings (SSSR count). The van der Waals surface area contributed by atoms with Crippen molar-refractivity contribution in [1.82, 2.24) is 4.98 Å². The number of hydrogen-bond donors (Lipinski definition) is 1. The van der Waals surface area contributed by atoms with Crippen molar-refractivity contribution in [2.45, 2.75) is 45.6 Å². The molecule has 2 aromatic carbocycles. The first-order valence-corrected chi connectivity index (χ1v) is 13.1. The van der Waals surface area contributed by atoms with Gasteiger partial charge in [0.15, 0.2) is 5.13 Å². The lowest BCUT2D eigenvalue weighted by atomic mass is 9.95. The molecule has 36 heavy (non-hydrogen) atoms. The number of hydrogen-bond acceptors (Lipinski definition) is 7. The van der Waals surface area contributed by atoms with Crippen molar-refractivity contribution in [3.8, 4) is 11.5 Å². The average Bonchev–Trinajstić information content (AvgIpc) is 3.52. The molecule has 0 bridgehead atoms. The lowest BCUT2D eigenvalue weighted by Gasteiger charge is -2.23. The van der Waals surface area contributed by atoms with Crippen molar-refractivity contribution in [2.24, 2.45) is 0 Å². The van der Waals surface area contributed by atoms with E-state index in [1.807, 2.05) is 31.2 Å². The topological polar surface area (TPSA) is 89.0 Å². The standard InChI is InChI=1S/C28H30N2O5S/c1-3-5-6-16-35-21-12-10-19(11-13-21)24-23(26(32)27(33)30(24)28-29-14-17-36-28)25(31)20-8-7-9-22(18-20)34-15-4-2/h7-14,17-18,24,31H,3-6,15-16H2,1-2H3/b25-23+. The summed E-state index contributed by atoms with van der Waals surface area (Å²) in [6, 6.07) is 13.4. The number of rotatable bonds is 11. The Kier molecular flexibility index (Phi) is 8.38. The number of aliphatic hydroxyl groups is 1. The van der Waals surface area contributed by atoms with Gasteiger partial charge in [0.2, 0.25) is 0 Å². The van der Waals surface area contributed by atoms with E-state index >= 15 is 0 Å². The number of Topliss-reactive ketones (excluding diaryl/α,β-unsaturated/α-hetero) is 1. The molecule has 2 heterocycles. The SMILES string of the molecule is CCCCCOc1ccc(C2/C(=C(\O)c3cccc(OCCC)c3)C(=O)C(=O)N2c2nccs2)cc1. The van der Waals surface area contributed by atoms with E-state index in [9.17, 15) is 14.7 Å². The first-order chi connectivity index (χ1) is 17.5. The Hall–Kier alpha value is -3.65. The molecule has 1 aliphatic heterocycles. The van der Waals surface area contributed by atoms with Crippen molar-refractivity contribution < 1.29 is 24.2 Å². The smallest absolute Gasteiger partial charge is 0.301 e.